The van der Waals surface area contributed by atoms with Gasteiger partial charge >= 0.3 is 0 Å². The van der Waals surface area contributed by atoms with Crippen LogP contribution in [-0.4, -0.2) is 47.7 Å². The van der Waals surface area contributed by atoms with Gasteiger partial charge in [-0.3, -0.25) is 14.5 Å². The van der Waals surface area contributed by atoms with Crippen LogP contribution >= 0.6 is 0 Å². The first-order valence-electron chi connectivity index (χ1n) is 10.6. The van der Waals surface area contributed by atoms with E-state index in [4.69, 9.17) is 4.98 Å². The minimum Gasteiger partial charge on any atom is -0.337 e. The van der Waals surface area contributed by atoms with Crippen LogP contribution in [0.4, 0.5) is 5.95 Å². The Balaban J connectivity index is 1.43. The van der Waals surface area contributed by atoms with Gasteiger partial charge < -0.3 is 4.90 Å². The number of hydrogen-bond donors (Lipinski definition) is 0. The number of fused-ring (bicyclic) bond motifs is 1. The van der Waals surface area contributed by atoms with Gasteiger partial charge in [0.05, 0.1) is 11.9 Å². The molecule has 1 aliphatic rings. The first kappa shape index (κ1) is 19.4. The molecule has 8 heteroatoms. The molecule has 8 nitrogen and oxygen atoms in total. The van der Waals surface area contributed by atoms with Gasteiger partial charge in [-0.05, 0) is 56.5 Å². The molecule has 0 radical (unpaired) electrons. The third-order valence-electron chi connectivity index (χ3n) is 5.93. The summed E-state index contributed by atoms with van der Waals surface area (Å²) in [5.74, 6) is 0.753. The normalized spacial score (nSPS) is 16.4. The Morgan fingerprint density at radius 1 is 1.23 bits per heavy atom. The van der Waals surface area contributed by atoms with Crippen LogP contribution in [0.1, 0.15) is 41.5 Å². The molecule has 0 unspecified atom stereocenters. The largest absolute Gasteiger partial charge is 0.337 e. The third kappa shape index (κ3) is 3.58. The molecule has 0 aliphatic carbocycles. The van der Waals surface area contributed by atoms with Crippen molar-refractivity contribution in [2.75, 3.05) is 11.4 Å². The molecule has 1 saturated heterocycles. The Hall–Kier alpha value is -3.55. The zero-order chi connectivity index (χ0) is 21.5. The highest BCUT2D eigenvalue weighted by atomic mass is 16.1. The monoisotopic (exact) mass is 415 g/mol. The van der Waals surface area contributed by atoms with Gasteiger partial charge in [0, 0.05) is 43.5 Å². The van der Waals surface area contributed by atoms with Crippen LogP contribution in [0.5, 0.6) is 0 Å². The van der Waals surface area contributed by atoms with Gasteiger partial charge in [0.2, 0.25) is 5.95 Å². The number of ketones is 1. The van der Waals surface area contributed by atoms with Crippen molar-refractivity contribution in [2.45, 2.75) is 39.2 Å². The van der Waals surface area contributed by atoms with Crippen molar-refractivity contribution in [2.24, 2.45) is 7.05 Å². The number of aryl methyl sites for hydroxylation is 2. The summed E-state index contributed by atoms with van der Waals surface area (Å²) in [5, 5.41) is 8.93. The summed E-state index contributed by atoms with van der Waals surface area (Å²) >= 11 is 0. The Morgan fingerprint density at radius 3 is 2.87 bits per heavy atom. The van der Waals surface area contributed by atoms with E-state index in [9.17, 15) is 4.79 Å². The molecule has 1 aliphatic heterocycles. The van der Waals surface area contributed by atoms with Crippen LogP contribution < -0.4 is 4.90 Å². The Morgan fingerprint density at radius 2 is 2.10 bits per heavy atom. The number of carbonyl (C=O) groups is 1. The topological polar surface area (TPSA) is 81.2 Å². The van der Waals surface area contributed by atoms with E-state index in [-0.39, 0.29) is 12.2 Å². The third-order valence-corrected chi connectivity index (χ3v) is 5.93. The maximum Gasteiger partial charge on any atom is 0.245 e. The number of nitrogens with zero attached hydrogens (tertiary/aromatic N) is 7. The van der Waals surface area contributed by atoms with E-state index >= 15 is 0 Å². The minimum absolute atomic E-state index is 0.00411. The van der Waals surface area contributed by atoms with Gasteiger partial charge in [-0.2, -0.15) is 10.1 Å². The fourth-order valence-electron chi connectivity index (χ4n) is 4.29. The maximum absolute atomic E-state index is 13.2. The second kappa shape index (κ2) is 7.61. The first-order valence-corrected chi connectivity index (χ1v) is 10.6. The summed E-state index contributed by atoms with van der Waals surface area (Å²) < 4.78 is 3.41. The average Bonchev–Trinajstić information content (AvgIpc) is 3.45. The van der Waals surface area contributed by atoms with E-state index in [0.29, 0.717) is 11.7 Å². The number of pyridine rings is 2. The Bertz CT molecular complexity index is 1270. The fraction of sp³-hybridized carbons (Fsp3) is 0.348. The molecule has 4 aromatic heterocycles. The van der Waals surface area contributed by atoms with Crippen molar-refractivity contribution in [3.05, 3.63) is 59.7 Å². The molecule has 0 N–H and O–H groups in total. The van der Waals surface area contributed by atoms with Gasteiger partial charge in [0.25, 0.3) is 0 Å². The van der Waals surface area contributed by atoms with Crippen LogP contribution in [0.25, 0.3) is 16.9 Å². The highest BCUT2D eigenvalue weighted by molar-refractivity contribution is 6.01. The van der Waals surface area contributed by atoms with E-state index in [1.54, 1.807) is 22.4 Å². The zero-order valence-corrected chi connectivity index (χ0v) is 18.0. The lowest BCUT2D eigenvalue weighted by Gasteiger charge is -2.18. The van der Waals surface area contributed by atoms with E-state index in [0.717, 1.165) is 47.1 Å². The SMILES string of the molecule is Cc1cccc(-c2cnn(C)c2C(=O)Cc2ccn3nc(N4CCC[C@@H]4C)nc3c2)n1. The lowest BCUT2D eigenvalue weighted by molar-refractivity contribution is 0.0984. The van der Waals surface area contributed by atoms with Crippen molar-refractivity contribution in [1.82, 2.24) is 29.4 Å². The van der Waals surface area contributed by atoms with Gasteiger partial charge in [-0.15, -0.1) is 5.10 Å². The summed E-state index contributed by atoms with van der Waals surface area (Å²) in [4.78, 5) is 24.7. The van der Waals surface area contributed by atoms with E-state index in [1.165, 1.54) is 6.42 Å². The van der Waals surface area contributed by atoms with Crippen molar-refractivity contribution in [3.8, 4) is 11.3 Å². The lowest BCUT2D eigenvalue weighted by atomic mass is 10.0. The number of hydrogen-bond acceptors (Lipinski definition) is 6. The molecule has 0 amide bonds. The van der Waals surface area contributed by atoms with Crippen LogP contribution in [0.3, 0.4) is 0 Å². The highest BCUT2D eigenvalue weighted by Crippen LogP contribution is 2.25. The molecule has 158 valence electrons. The molecular formula is C23H25N7O. The Labute approximate surface area is 180 Å². The van der Waals surface area contributed by atoms with Crippen LogP contribution in [0.2, 0.25) is 0 Å². The van der Waals surface area contributed by atoms with Gasteiger partial charge in [0.1, 0.15) is 5.69 Å². The smallest absolute Gasteiger partial charge is 0.245 e. The molecule has 5 rings (SSSR count). The van der Waals surface area contributed by atoms with Gasteiger partial charge in [-0.1, -0.05) is 6.07 Å². The summed E-state index contributed by atoms with van der Waals surface area (Å²) in [6.07, 6.45) is 6.18. The molecule has 0 bridgehead atoms. The van der Waals surface area contributed by atoms with Crippen LogP contribution in [-0.2, 0) is 13.5 Å². The fourth-order valence-corrected chi connectivity index (χ4v) is 4.29. The van der Waals surface area contributed by atoms with E-state index in [1.807, 2.05) is 43.5 Å². The molecule has 0 spiro atoms. The number of rotatable bonds is 5. The van der Waals surface area contributed by atoms with Gasteiger partial charge in [-0.25, -0.2) is 4.52 Å². The van der Waals surface area contributed by atoms with E-state index < -0.39 is 0 Å². The maximum atomic E-state index is 13.2. The summed E-state index contributed by atoms with van der Waals surface area (Å²) in [5.41, 5.74) is 4.63. The number of Topliss-reactive ketones (excluding diaryl/α,β-unsaturated/α-hetero) is 1. The summed E-state index contributed by atoms with van der Waals surface area (Å²) in [6, 6.07) is 10.1. The average molecular weight is 416 g/mol. The van der Waals surface area contributed by atoms with Crippen LogP contribution in [0.15, 0.2) is 42.7 Å². The van der Waals surface area contributed by atoms with E-state index in [2.05, 4.69) is 27.0 Å². The molecule has 0 aromatic carbocycles. The van der Waals surface area contributed by atoms with Crippen molar-refractivity contribution < 1.29 is 4.79 Å². The predicted molar refractivity (Wildman–Crippen MR) is 118 cm³/mol. The summed E-state index contributed by atoms with van der Waals surface area (Å²) in [7, 11) is 1.79. The quantitative estimate of drug-likeness (QED) is 0.466. The zero-order valence-electron chi connectivity index (χ0n) is 18.0. The second-order valence-corrected chi connectivity index (χ2v) is 8.23. The molecule has 31 heavy (non-hydrogen) atoms. The Kier molecular flexibility index (Phi) is 4.77. The van der Waals surface area contributed by atoms with Crippen LogP contribution in [0, 0.1) is 6.92 Å². The minimum atomic E-state index is -0.00411. The standard InChI is InChI=1S/C23H25N7O/c1-15-6-4-8-19(25-15)18-14-24-28(3)22(18)20(31)12-17-9-11-30-21(13-17)26-23(27-30)29-10-5-7-16(29)2/h4,6,8-9,11,13-14,16H,5,7,10,12H2,1-3H3/t16-/m0/s1. The predicted octanol–water partition coefficient (Wildman–Crippen LogP) is 3.25. The first-order chi connectivity index (χ1) is 15.0. The van der Waals surface area contributed by atoms with Gasteiger partial charge in [0.15, 0.2) is 11.4 Å². The molecule has 1 fully saturated rings. The number of carbonyl (C=O) groups excluding carboxylic acids is 1. The molecule has 5 heterocycles. The van der Waals surface area contributed by atoms with Crippen molar-refractivity contribution in [1.29, 1.82) is 0 Å². The van der Waals surface area contributed by atoms with Crippen molar-refractivity contribution in [3.63, 3.8) is 0 Å². The summed E-state index contributed by atoms with van der Waals surface area (Å²) in [6.45, 7) is 5.13. The second-order valence-electron chi connectivity index (χ2n) is 8.23. The number of anilines is 1. The molecule has 4 aromatic rings. The molecular weight excluding hydrogens is 390 g/mol. The highest BCUT2D eigenvalue weighted by Gasteiger charge is 2.24. The number of aromatic nitrogens is 6. The van der Waals surface area contributed by atoms with Crippen molar-refractivity contribution >= 4 is 17.4 Å². The molecule has 1 atom stereocenters. The molecule has 0 saturated carbocycles. The lowest BCUT2D eigenvalue weighted by Crippen LogP contribution is -2.27.